The van der Waals surface area contributed by atoms with E-state index in [1.165, 1.54) is 30.7 Å². The summed E-state index contributed by atoms with van der Waals surface area (Å²) in [5.74, 6) is -0.625. The van der Waals surface area contributed by atoms with Crippen LogP contribution in [0.2, 0.25) is 10.0 Å². The number of nitrogens with one attached hydrogen (secondary N) is 3. The second kappa shape index (κ2) is 10.9. The van der Waals surface area contributed by atoms with Crippen molar-refractivity contribution in [1.29, 1.82) is 0 Å². The smallest absolute Gasteiger partial charge is 0.275 e. The summed E-state index contributed by atoms with van der Waals surface area (Å²) >= 11 is 12.4. The van der Waals surface area contributed by atoms with Crippen LogP contribution in [0.4, 0.5) is 11.4 Å². The fraction of sp³-hybridized carbons (Fsp3) is 0.250. The number of aromatic nitrogens is 2. The number of benzene rings is 1. The second-order valence-corrected chi connectivity index (χ2v) is 5.93. The second-order valence-electron chi connectivity index (χ2n) is 5.11. The van der Waals surface area contributed by atoms with Crippen LogP contribution in [0.25, 0.3) is 0 Å². The number of rotatable bonds is 7. The van der Waals surface area contributed by atoms with Gasteiger partial charge in [-0.3, -0.25) is 14.6 Å². The van der Waals surface area contributed by atoms with Crippen molar-refractivity contribution in [1.82, 2.24) is 15.3 Å². The molecule has 0 saturated heterocycles. The molecule has 0 saturated carbocycles. The van der Waals surface area contributed by atoms with E-state index in [0.29, 0.717) is 12.1 Å². The lowest BCUT2D eigenvalue weighted by Gasteiger charge is -2.12. The molecular formula is C16H18Cl3N5O2. The normalized spacial score (nSPS) is 9.96. The Morgan fingerprint density at radius 2 is 1.81 bits per heavy atom. The average Bonchev–Trinajstić information content (AvgIpc) is 2.59. The summed E-state index contributed by atoms with van der Waals surface area (Å²) in [5, 5.41) is 8.70. The lowest BCUT2D eigenvalue weighted by Crippen LogP contribution is -2.16. The summed E-state index contributed by atoms with van der Waals surface area (Å²) in [6.07, 6.45) is 5.30. The maximum atomic E-state index is 12.1. The van der Waals surface area contributed by atoms with Crippen LogP contribution in [0.5, 0.6) is 0 Å². The number of hydrogen-bond acceptors (Lipinski definition) is 5. The number of amides is 2. The van der Waals surface area contributed by atoms with Gasteiger partial charge in [0.2, 0.25) is 5.91 Å². The van der Waals surface area contributed by atoms with E-state index in [1.54, 1.807) is 0 Å². The number of anilines is 2. The minimum absolute atomic E-state index is 0. The van der Waals surface area contributed by atoms with Crippen molar-refractivity contribution in [3.05, 3.63) is 46.5 Å². The molecule has 2 rings (SSSR count). The Bertz CT molecular complexity index is 736. The van der Waals surface area contributed by atoms with Crippen LogP contribution in [0.3, 0.4) is 0 Å². The zero-order valence-electron chi connectivity index (χ0n) is 13.9. The van der Waals surface area contributed by atoms with Crippen LogP contribution in [-0.4, -0.2) is 35.4 Å². The van der Waals surface area contributed by atoms with E-state index >= 15 is 0 Å². The number of hydrogen-bond donors (Lipinski definition) is 3. The van der Waals surface area contributed by atoms with Crippen molar-refractivity contribution in [3.63, 3.8) is 0 Å². The minimum Gasteiger partial charge on any atom is -0.326 e. The molecule has 2 aromatic rings. The lowest BCUT2D eigenvalue weighted by atomic mass is 10.2. The maximum Gasteiger partial charge on any atom is 0.275 e. The minimum atomic E-state index is -0.485. The standard InChI is InChI=1S/C16H17Cl2N5O2.ClH/c1-19-4-2-3-14(24)22-10-7-11(17)15(12(18)8-10)23-16(25)13-9-20-5-6-21-13;/h5-9,19H,2-4H2,1H3,(H,22,24)(H,23,25);1H. The Morgan fingerprint density at radius 1 is 1.12 bits per heavy atom. The number of nitrogens with zero attached hydrogens (tertiary/aromatic N) is 2. The third-order valence-electron chi connectivity index (χ3n) is 3.19. The van der Waals surface area contributed by atoms with E-state index in [9.17, 15) is 9.59 Å². The topological polar surface area (TPSA) is 96.0 Å². The summed E-state index contributed by atoms with van der Waals surface area (Å²) in [7, 11) is 1.82. The SMILES string of the molecule is CNCCCC(=O)Nc1cc(Cl)c(NC(=O)c2cnccn2)c(Cl)c1.Cl. The van der Waals surface area contributed by atoms with Crippen molar-refractivity contribution in [2.45, 2.75) is 12.8 Å². The molecule has 10 heteroatoms. The molecular weight excluding hydrogens is 401 g/mol. The molecule has 3 N–H and O–H groups in total. The van der Waals surface area contributed by atoms with Gasteiger partial charge < -0.3 is 16.0 Å². The van der Waals surface area contributed by atoms with Crippen LogP contribution in [0.15, 0.2) is 30.7 Å². The summed E-state index contributed by atoms with van der Waals surface area (Å²) in [5.41, 5.74) is 0.839. The van der Waals surface area contributed by atoms with E-state index in [1.807, 2.05) is 7.05 Å². The Morgan fingerprint density at radius 3 is 2.38 bits per heavy atom. The molecule has 1 aromatic heterocycles. The Balaban J connectivity index is 0.00000338. The summed E-state index contributed by atoms with van der Waals surface area (Å²) < 4.78 is 0. The highest BCUT2D eigenvalue weighted by Crippen LogP contribution is 2.34. The van der Waals surface area contributed by atoms with Gasteiger partial charge in [0.15, 0.2) is 0 Å². The van der Waals surface area contributed by atoms with Gasteiger partial charge in [-0.15, -0.1) is 12.4 Å². The quantitative estimate of drug-likeness (QED) is 0.599. The molecule has 26 heavy (non-hydrogen) atoms. The highest BCUT2D eigenvalue weighted by molar-refractivity contribution is 6.40. The molecule has 140 valence electrons. The van der Waals surface area contributed by atoms with Gasteiger partial charge in [0.25, 0.3) is 5.91 Å². The number of halogens is 3. The fourth-order valence-corrected chi connectivity index (χ4v) is 2.59. The first-order valence-corrected chi connectivity index (χ1v) is 8.27. The molecule has 7 nitrogen and oxygen atoms in total. The molecule has 0 aliphatic carbocycles. The Labute approximate surface area is 167 Å². The first-order valence-electron chi connectivity index (χ1n) is 7.52. The van der Waals surface area contributed by atoms with E-state index in [4.69, 9.17) is 23.2 Å². The third kappa shape index (κ3) is 6.42. The molecule has 0 bridgehead atoms. The van der Waals surface area contributed by atoms with E-state index in [2.05, 4.69) is 25.9 Å². The van der Waals surface area contributed by atoms with Crippen LogP contribution in [-0.2, 0) is 4.79 Å². The number of carbonyl (C=O) groups excluding carboxylic acids is 2. The molecule has 0 aliphatic rings. The summed E-state index contributed by atoms with van der Waals surface area (Å²) in [6.45, 7) is 0.752. The van der Waals surface area contributed by atoms with Crippen molar-refractivity contribution < 1.29 is 9.59 Å². The van der Waals surface area contributed by atoms with Gasteiger partial charge >= 0.3 is 0 Å². The summed E-state index contributed by atoms with van der Waals surface area (Å²) in [4.78, 5) is 31.7. The van der Waals surface area contributed by atoms with Crippen LogP contribution < -0.4 is 16.0 Å². The van der Waals surface area contributed by atoms with Gasteiger partial charge in [-0.1, -0.05) is 23.2 Å². The Hall–Kier alpha value is -1.93. The molecule has 0 radical (unpaired) electrons. The van der Waals surface area contributed by atoms with Gasteiger partial charge in [-0.2, -0.15) is 0 Å². The van der Waals surface area contributed by atoms with Gasteiger partial charge in [0.1, 0.15) is 5.69 Å². The van der Waals surface area contributed by atoms with Crippen molar-refractivity contribution in [3.8, 4) is 0 Å². The lowest BCUT2D eigenvalue weighted by molar-refractivity contribution is -0.116. The molecule has 0 fully saturated rings. The Kier molecular flexibility index (Phi) is 9.29. The van der Waals surface area contributed by atoms with Crippen LogP contribution >= 0.6 is 35.6 Å². The fourth-order valence-electron chi connectivity index (χ4n) is 2.01. The highest BCUT2D eigenvalue weighted by Gasteiger charge is 2.15. The summed E-state index contributed by atoms with van der Waals surface area (Å²) in [6, 6.07) is 3.05. The first-order chi connectivity index (χ1) is 12.0. The van der Waals surface area contributed by atoms with Crippen molar-refractivity contribution in [2.24, 2.45) is 0 Å². The van der Waals surface area contributed by atoms with Gasteiger partial charge in [0.05, 0.1) is 21.9 Å². The van der Waals surface area contributed by atoms with Gasteiger partial charge in [-0.25, -0.2) is 4.98 Å². The van der Waals surface area contributed by atoms with E-state index in [-0.39, 0.29) is 39.7 Å². The molecule has 1 aromatic carbocycles. The zero-order valence-corrected chi connectivity index (χ0v) is 16.2. The largest absolute Gasteiger partial charge is 0.326 e. The molecule has 0 atom stereocenters. The molecule has 1 heterocycles. The van der Waals surface area contributed by atoms with Gasteiger partial charge in [-0.05, 0) is 32.1 Å². The van der Waals surface area contributed by atoms with E-state index in [0.717, 1.165) is 13.0 Å². The van der Waals surface area contributed by atoms with E-state index < -0.39 is 5.91 Å². The maximum absolute atomic E-state index is 12.1. The van der Waals surface area contributed by atoms with Crippen LogP contribution in [0.1, 0.15) is 23.3 Å². The van der Waals surface area contributed by atoms with Crippen molar-refractivity contribution in [2.75, 3.05) is 24.2 Å². The third-order valence-corrected chi connectivity index (χ3v) is 3.79. The molecule has 0 spiro atoms. The average molecular weight is 419 g/mol. The highest BCUT2D eigenvalue weighted by atomic mass is 35.5. The zero-order chi connectivity index (χ0) is 18.2. The predicted octanol–water partition coefficient (Wildman–Crippen LogP) is 3.40. The molecule has 0 aliphatic heterocycles. The van der Waals surface area contributed by atoms with Gasteiger partial charge in [0, 0.05) is 24.5 Å². The van der Waals surface area contributed by atoms with Crippen molar-refractivity contribution >= 4 is 58.8 Å². The predicted molar refractivity (Wildman–Crippen MR) is 105 cm³/mol. The van der Waals surface area contributed by atoms with Crippen LogP contribution in [0, 0.1) is 0 Å². The first kappa shape index (κ1) is 22.1. The molecule has 2 amide bonds. The number of carbonyl (C=O) groups is 2. The monoisotopic (exact) mass is 417 g/mol. The molecule has 0 unspecified atom stereocenters.